The molecule has 0 spiro atoms. The Morgan fingerprint density at radius 1 is 1.08 bits per heavy atom. The quantitative estimate of drug-likeness (QED) is 0.338. The van der Waals surface area contributed by atoms with Crippen LogP contribution in [0.3, 0.4) is 0 Å². The van der Waals surface area contributed by atoms with Crippen molar-refractivity contribution in [3.8, 4) is 22.8 Å². The van der Waals surface area contributed by atoms with Gasteiger partial charge in [0.15, 0.2) is 17.2 Å². The van der Waals surface area contributed by atoms with Gasteiger partial charge in [0.25, 0.3) is 0 Å². The molecule has 0 unspecified atom stereocenters. The van der Waals surface area contributed by atoms with E-state index in [1.54, 1.807) is 18.6 Å². The Kier molecular flexibility index (Phi) is 5.76. The molecule has 1 amide bonds. The van der Waals surface area contributed by atoms with E-state index in [1.807, 2.05) is 38.1 Å². The first-order valence-corrected chi connectivity index (χ1v) is 12.4. The van der Waals surface area contributed by atoms with E-state index in [-0.39, 0.29) is 11.8 Å². The largest absolute Gasteiger partial charge is 0.367 e. The smallest absolute Gasteiger partial charge is 0.226 e. The maximum Gasteiger partial charge on any atom is 0.226 e. The standard InChI is InChI=1S/C26H28N10O/c1-15(2)26(37)29-17-12-16(13-27-14-17)18-4-5-19-21(30-18)23(34-33-19)25-31-22-20(6-7-28-24(22)32-25)36-10-8-35(3)9-11-36/h4-7,12-15H,8-11H2,1-3H3,(H,29,37)(H,33,34)(H,28,31,32). The highest BCUT2D eigenvalue weighted by Gasteiger charge is 2.21. The molecule has 3 N–H and O–H groups in total. The molecular weight excluding hydrogens is 468 g/mol. The summed E-state index contributed by atoms with van der Waals surface area (Å²) in [6, 6.07) is 7.74. The Bertz CT molecular complexity index is 1600. The zero-order chi connectivity index (χ0) is 25.5. The Morgan fingerprint density at radius 3 is 2.73 bits per heavy atom. The number of anilines is 2. The topological polar surface area (TPSA) is 132 Å². The predicted molar refractivity (Wildman–Crippen MR) is 143 cm³/mol. The third kappa shape index (κ3) is 4.38. The molecular formula is C26H28N10O. The third-order valence-electron chi connectivity index (χ3n) is 6.67. The highest BCUT2D eigenvalue weighted by atomic mass is 16.1. The van der Waals surface area contributed by atoms with Crippen LogP contribution in [0.25, 0.3) is 45.0 Å². The SMILES string of the molecule is CC(C)C(=O)Nc1cncc(-c2ccc3[nH]nc(-c4nc5nccc(N6CCN(C)CC6)c5[nH]4)c3n2)c1. The van der Waals surface area contributed by atoms with Gasteiger partial charge in [-0.1, -0.05) is 13.8 Å². The number of piperazine rings is 1. The minimum absolute atomic E-state index is 0.0612. The molecule has 1 aliphatic rings. The maximum absolute atomic E-state index is 12.1. The van der Waals surface area contributed by atoms with Crippen molar-refractivity contribution in [3.63, 3.8) is 0 Å². The Labute approximate surface area is 213 Å². The number of carbonyl (C=O) groups is 1. The number of fused-ring (bicyclic) bond motifs is 2. The van der Waals surface area contributed by atoms with Crippen molar-refractivity contribution in [2.24, 2.45) is 5.92 Å². The molecule has 11 nitrogen and oxygen atoms in total. The number of nitrogens with one attached hydrogen (secondary N) is 3. The lowest BCUT2D eigenvalue weighted by atomic mass is 10.1. The van der Waals surface area contributed by atoms with E-state index in [2.05, 4.69) is 47.3 Å². The van der Waals surface area contributed by atoms with Crippen LogP contribution in [0.5, 0.6) is 0 Å². The van der Waals surface area contributed by atoms with Crippen LogP contribution in [-0.2, 0) is 4.79 Å². The molecule has 0 radical (unpaired) electrons. The molecule has 1 aliphatic heterocycles. The molecule has 5 aromatic rings. The average molecular weight is 497 g/mol. The fourth-order valence-electron chi connectivity index (χ4n) is 4.48. The van der Waals surface area contributed by atoms with Gasteiger partial charge in [0, 0.05) is 50.1 Å². The molecule has 188 valence electrons. The number of aromatic nitrogens is 7. The Hall–Kier alpha value is -4.38. The van der Waals surface area contributed by atoms with Gasteiger partial charge < -0.3 is 20.1 Å². The van der Waals surface area contributed by atoms with Gasteiger partial charge in [-0.2, -0.15) is 5.10 Å². The van der Waals surface area contributed by atoms with Gasteiger partial charge in [-0.25, -0.2) is 15.0 Å². The van der Waals surface area contributed by atoms with Crippen molar-refractivity contribution in [1.82, 2.24) is 40.0 Å². The van der Waals surface area contributed by atoms with E-state index in [4.69, 9.17) is 9.97 Å². The van der Waals surface area contributed by atoms with Crippen LogP contribution < -0.4 is 10.2 Å². The van der Waals surface area contributed by atoms with Gasteiger partial charge in [0.1, 0.15) is 11.0 Å². The number of nitrogens with zero attached hydrogens (tertiary/aromatic N) is 7. The predicted octanol–water partition coefficient (Wildman–Crippen LogP) is 3.30. The van der Waals surface area contributed by atoms with Crippen molar-refractivity contribution < 1.29 is 4.79 Å². The summed E-state index contributed by atoms with van der Waals surface area (Å²) in [6.07, 6.45) is 5.16. The lowest BCUT2D eigenvalue weighted by molar-refractivity contribution is -0.118. The number of rotatable bonds is 5. The normalized spacial score (nSPS) is 14.6. The molecule has 0 atom stereocenters. The van der Waals surface area contributed by atoms with Gasteiger partial charge in [0.2, 0.25) is 5.91 Å². The first-order valence-electron chi connectivity index (χ1n) is 12.4. The number of amides is 1. The second-order valence-electron chi connectivity index (χ2n) is 9.68. The molecule has 1 saturated heterocycles. The zero-order valence-corrected chi connectivity index (χ0v) is 21.0. The van der Waals surface area contributed by atoms with E-state index in [0.29, 0.717) is 28.4 Å². The minimum atomic E-state index is -0.123. The summed E-state index contributed by atoms with van der Waals surface area (Å²) in [5, 5.41) is 10.5. The summed E-state index contributed by atoms with van der Waals surface area (Å²) in [5.41, 5.74) is 6.88. The van der Waals surface area contributed by atoms with Crippen LogP contribution >= 0.6 is 0 Å². The monoisotopic (exact) mass is 496 g/mol. The molecule has 0 saturated carbocycles. The van der Waals surface area contributed by atoms with Crippen molar-refractivity contribution >= 4 is 39.5 Å². The summed E-state index contributed by atoms with van der Waals surface area (Å²) in [7, 11) is 2.14. The van der Waals surface area contributed by atoms with E-state index in [1.165, 1.54) is 0 Å². The molecule has 0 aromatic carbocycles. The number of likely N-dealkylation sites (N-methyl/N-ethyl adjacent to an activating group) is 1. The first kappa shape index (κ1) is 23.0. The Morgan fingerprint density at radius 2 is 1.92 bits per heavy atom. The lowest BCUT2D eigenvalue weighted by Crippen LogP contribution is -2.44. The highest BCUT2D eigenvalue weighted by molar-refractivity contribution is 5.94. The van der Waals surface area contributed by atoms with Crippen LogP contribution in [0.2, 0.25) is 0 Å². The van der Waals surface area contributed by atoms with E-state index in [0.717, 1.165) is 54.2 Å². The van der Waals surface area contributed by atoms with Gasteiger partial charge >= 0.3 is 0 Å². The van der Waals surface area contributed by atoms with Crippen LogP contribution in [-0.4, -0.2) is 79.2 Å². The number of H-pyrrole nitrogens is 2. The van der Waals surface area contributed by atoms with Crippen molar-refractivity contribution in [3.05, 3.63) is 42.9 Å². The average Bonchev–Trinajstić information content (AvgIpc) is 3.53. The summed E-state index contributed by atoms with van der Waals surface area (Å²) in [4.78, 5) is 38.7. The number of hydrogen-bond acceptors (Lipinski definition) is 8. The van der Waals surface area contributed by atoms with Crippen molar-refractivity contribution in [1.29, 1.82) is 0 Å². The summed E-state index contributed by atoms with van der Waals surface area (Å²) < 4.78 is 0. The zero-order valence-electron chi connectivity index (χ0n) is 21.0. The highest BCUT2D eigenvalue weighted by Crippen LogP contribution is 2.31. The molecule has 1 fully saturated rings. The molecule has 5 aromatic heterocycles. The fourth-order valence-corrected chi connectivity index (χ4v) is 4.48. The molecule has 11 heteroatoms. The summed E-state index contributed by atoms with van der Waals surface area (Å²) >= 11 is 0. The van der Waals surface area contributed by atoms with Crippen molar-refractivity contribution in [2.75, 3.05) is 43.4 Å². The second kappa shape index (κ2) is 9.25. The number of hydrogen-bond donors (Lipinski definition) is 3. The second-order valence-corrected chi connectivity index (χ2v) is 9.68. The maximum atomic E-state index is 12.1. The molecule has 6 rings (SSSR count). The third-order valence-corrected chi connectivity index (χ3v) is 6.67. The van der Waals surface area contributed by atoms with Crippen LogP contribution in [0, 0.1) is 5.92 Å². The van der Waals surface area contributed by atoms with Crippen molar-refractivity contribution in [2.45, 2.75) is 13.8 Å². The van der Waals surface area contributed by atoms with Crippen LogP contribution in [0.1, 0.15) is 13.8 Å². The lowest BCUT2D eigenvalue weighted by Gasteiger charge is -2.34. The van der Waals surface area contributed by atoms with Crippen LogP contribution in [0.4, 0.5) is 11.4 Å². The minimum Gasteiger partial charge on any atom is -0.367 e. The molecule has 0 aliphatic carbocycles. The number of carbonyl (C=O) groups excluding carboxylic acids is 1. The summed E-state index contributed by atoms with van der Waals surface area (Å²) in [5.74, 6) is 0.423. The number of imidazole rings is 1. The van der Waals surface area contributed by atoms with E-state index < -0.39 is 0 Å². The summed E-state index contributed by atoms with van der Waals surface area (Å²) in [6.45, 7) is 7.63. The van der Waals surface area contributed by atoms with Gasteiger partial charge in [-0.15, -0.1) is 0 Å². The first-order chi connectivity index (χ1) is 18.0. The Balaban J connectivity index is 1.36. The molecule has 6 heterocycles. The molecule has 0 bridgehead atoms. The van der Waals surface area contributed by atoms with Gasteiger partial charge in [-0.05, 0) is 31.3 Å². The van der Waals surface area contributed by atoms with E-state index >= 15 is 0 Å². The van der Waals surface area contributed by atoms with Crippen LogP contribution in [0.15, 0.2) is 42.9 Å². The van der Waals surface area contributed by atoms with E-state index in [9.17, 15) is 4.79 Å². The molecule has 37 heavy (non-hydrogen) atoms. The van der Waals surface area contributed by atoms with Gasteiger partial charge in [0.05, 0.1) is 28.8 Å². The fraction of sp³-hybridized carbons (Fsp3) is 0.308. The van der Waals surface area contributed by atoms with Gasteiger partial charge in [-0.3, -0.25) is 14.9 Å². The number of pyridine rings is 3. The number of aromatic amines is 2.